The predicted octanol–water partition coefficient (Wildman–Crippen LogP) is 1.76. The van der Waals surface area contributed by atoms with E-state index in [1.807, 2.05) is 0 Å². The maximum atomic E-state index is 13.1. The number of carbonyl (C=O) groups is 1. The topological polar surface area (TPSA) is 74.7 Å². The molecule has 0 aliphatic rings. The molecule has 0 spiro atoms. The van der Waals surface area contributed by atoms with E-state index in [1.165, 1.54) is 20.0 Å². The Hall–Kier alpha value is -1.54. The fraction of sp³-hybridized carbons (Fsp3) is 0.417. The van der Waals surface area contributed by atoms with Gasteiger partial charge in [0.2, 0.25) is 10.0 Å². The molecule has 0 radical (unpaired) electrons. The summed E-state index contributed by atoms with van der Waals surface area (Å²) >= 11 is 0. The Morgan fingerprint density at radius 3 is 2.25 bits per heavy atom. The van der Waals surface area contributed by atoms with Gasteiger partial charge in [-0.2, -0.15) is 4.31 Å². The van der Waals surface area contributed by atoms with Gasteiger partial charge in [0.1, 0.15) is 0 Å². The lowest BCUT2D eigenvalue weighted by Gasteiger charge is -2.26. The van der Waals surface area contributed by atoms with Crippen molar-refractivity contribution in [2.45, 2.75) is 25.1 Å². The van der Waals surface area contributed by atoms with E-state index in [4.69, 9.17) is 5.11 Å². The largest absolute Gasteiger partial charge is 0.480 e. The Morgan fingerprint density at radius 1 is 1.25 bits per heavy atom. The minimum absolute atomic E-state index is 0.229. The SMILES string of the molecule is CC(c1ccc(F)c(F)c1)N(C)S(=O)(=O)C(C)C(=O)O. The number of halogens is 2. The molecule has 2 atom stereocenters. The molecule has 8 heteroatoms. The third-order valence-electron chi connectivity index (χ3n) is 3.17. The molecule has 0 saturated carbocycles. The summed E-state index contributed by atoms with van der Waals surface area (Å²) in [5.74, 6) is -3.61. The summed E-state index contributed by atoms with van der Waals surface area (Å²) in [6, 6.07) is 2.21. The van der Waals surface area contributed by atoms with Crippen molar-refractivity contribution in [2.24, 2.45) is 0 Å². The molecule has 2 unspecified atom stereocenters. The van der Waals surface area contributed by atoms with Crippen LogP contribution in [0.25, 0.3) is 0 Å². The fourth-order valence-electron chi connectivity index (χ4n) is 1.58. The molecule has 1 rings (SSSR count). The van der Waals surface area contributed by atoms with Crippen LogP contribution in [0.3, 0.4) is 0 Å². The van der Waals surface area contributed by atoms with Crippen LogP contribution in [0, 0.1) is 11.6 Å². The second-order valence-electron chi connectivity index (χ2n) is 4.39. The number of hydrogen-bond acceptors (Lipinski definition) is 3. The molecule has 0 aromatic heterocycles. The smallest absolute Gasteiger partial charge is 0.323 e. The Bertz CT molecular complexity index is 618. The van der Waals surface area contributed by atoms with Crippen molar-refractivity contribution in [2.75, 3.05) is 7.05 Å². The lowest BCUT2D eigenvalue weighted by molar-refractivity contribution is -0.136. The summed E-state index contributed by atoms with van der Waals surface area (Å²) in [6.07, 6.45) is 0. The van der Waals surface area contributed by atoms with E-state index in [0.29, 0.717) is 0 Å². The monoisotopic (exact) mass is 307 g/mol. The molecule has 0 aliphatic heterocycles. The Balaban J connectivity index is 3.10. The van der Waals surface area contributed by atoms with Crippen molar-refractivity contribution in [3.8, 4) is 0 Å². The van der Waals surface area contributed by atoms with Gasteiger partial charge in [0.25, 0.3) is 0 Å². The Morgan fingerprint density at radius 2 is 1.80 bits per heavy atom. The lowest BCUT2D eigenvalue weighted by atomic mass is 10.1. The number of aliphatic carboxylic acids is 1. The minimum Gasteiger partial charge on any atom is -0.480 e. The van der Waals surface area contributed by atoms with Gasteiger partial charge in [-0.15, -0.1) is 0 Å². The van der Waals surface area contributed by atoms with Gasteiger partial charge in [-0.05, 0) is 31.5 Å². The van der Waals surface area contributed by atoms with Gasteiger partial charge >= 0.3 is 5.97 Å². The van der Waals surface area contributed by atoms with Crippen molar-refractivity contribution >= 4 is 16.0 Å². The first-order valence-corrected chi connectivity index (χ1v) is 7.24. The van der Waals surface area contributed by atoms with Crippen LogP contribution in [-0.4, -0.2) is 36.1 Å². The highest BCUT2D eigenvalue weighted by atomic mass is 32.2. The highest BCUT2D eigenvalue weighted by molar-refractivity contribution is 7.90. The van der Waals surface area contributed by atoms with Crippen LogP contribution < -0.4 is 0 Å². The molecule has 0 saturated heterocycles. The Labute approximate surface area is 115 Å². The number of sulfonamides is 1. The van der Waals surface area contributed by atoms with Crippen molar-refractivity contribution in [1.82, 2.24) is 4.31 Å². The average Bonchev–Trinajstić information content (AvgIpc) is 2.39. The summed E-state index contributed by atoms with van der Waals surface area (Å²) in [7, 11) is -2.90. The van der Waals surface area contributed by atoms with Crippen LogP contribution in [0.4, 0.5) is 8.78 Å². The summed E-state index contributed by atoms with van der Waals surface area (Å²) in [5, 5.41) is 7.16. The zero-order chi connectivity index (χ0) is 15.7. The first kappa shape index (κ1) is 16.5. The normalized spacial score (nSPS) is 15.1. The molecule has 0 fully saturated rings. The van der Waals surface area contributed by atoms with Crippen molar-refractivity contribution in [3.05, 3.63) is 35.4 Å². The summed E-state index contributed by atoms with van der Waals surface area (Å²) in [5.41, 5.74) is 0.229. The Kier molecular flexibility index (Phi) is 4.82. The van der Waals surface area contributed by atoms with Gasteiger partial charge in [0, 0.05) is 13.1 Å². The molecule has 1 aromatic carbocycles. The van der Waals surface area contributed by atoms with Crippen LogP contribution in [0.1, 0.15) is 25.5 Å². The standard InChI is InChI=1S/C12H15F2NO4S/c1-7(9-4-5-10(13)11(14)6-9)15(3)20(18,19)8(2)12(16)17/h4-8H,1-3H3,(H,16,17). The van der Waals surface area contributed by atoms with Gasteiger partial charge in [-0.1, -0.05) is 6.07 Å². The molecule has 112 valence electrons. The molecule has 20 heavy (non-hydrogen) atoms. The molecule has 1 N–H and O–H groups in total. The molecular weight excluding hydrogens is 292 g/mol. The molecule has 0 aliphatic carbocycles. The zero-order valence-electron chi connectivity index (χ0n) is 11.2. The van der Waals surface area contributed by atoms with E-state index in [1.54, 1.807) is 0 Å². The summed E-state index contributed by atoms with van der Waals surface area (Å²) in [4.78, 5) is 10.8. The van der Waals surface area contributed by atoms with Gasteiger partial charge in [0.05, 0.1) is 0 Å². The molecule has 0 bridgehead atoms. The van der Waals surface area contributed by atoms with Crippen LogP contribution in [-0.2, 0) is 14.8 Å². The number of rotatable bonds is 5. The third-order valence-corrected chi connectivity index (χ3v) is 5.38. The van der Waals surface area contributed by atoms with Gasteiger partial charge < -0.3 is 5.11 Å². The first-order chi connectivity index (χ1) is 9.09. The molecular formula is C12H15F2NO4S. The maximum Gasteiger partial charge on any atom is 0.323 e. The third kappa shape index (κ3) is 3.13. The van der Waals surface area contributed by atoms with Crippen molar-refractivity contribution in [1.29, 1.82) is 0 Å². The van der Waals surface area contributed by atoms with Crippen LogP contribution in [0.2, 0.25) is 0 Å². The van der Waals surface area contributed by atoms with E-state index < -0.39 is 38.9 Å². The van der Waals surface area contributed by atoms with E-state index in [9.17, 15) is 22.0 Å². The minimum atomic E-state index is -4.09. The first-order valence-electron chi connectivity index (χ1n) is 5.73. The second kappa shape index (κ2) is 5.84. The van der Waals surface area contributed by atoms with Crippen LogP contribution >= 0.6 is 0 Å². The number of carboxylic acid groups (broad SMARTS) is 1. The van der Waals surface area contributed by atoms with Gasteiger partial charge in [-0.3, -0.25) is 4.79 Å². The second-order valence-corrected chi connectivity index (χ2v) is 6.70. The zero-order valence-corrected chi connectivity index (χ0v) is 12.0. The van der Waals surface area contributed by atoms with Crippen LogP contribution in [0.15, 0.2) is 18.2 Å². The van der Waals surface area contributed by atoms with E-state index in [2.05, 4.69) is 0 Å². The van der Waals surface area contributed by atoms with Crippen molar-refractivity contribution in [3.63, 3.8) is 0 Å². The highest BCUT2D eigenvalue weighted by Crippen LogP contribution is 2.24. The predicted molar refractivity (Wildman–Crippen MR) is 68.6 cm³/mol. The molecule has 0 heterocycles. The van der Waals surface area contributed by atoms with Gasteiger partial charge in [-0.25, -0.2) is 17.2 Å². The number of hydrogen-bond donors (Lipinski definition) is 1. The van der Waals surface area contributed by atoms with E-state index in [-0.39, 0.29) is 5.56 Å². The molecule has 5 nitrogen and oxygen atoms in total. The van der Waals surface area contributed by atoms with Crippen molar-refractivity contribution < 1.29 is 27.1 Å². The average molecular weight is 307 g/mol. The quantitative estimate of drug-likeness (QED) is 0.899. The number of benzene rings is 1. The maximum absolute atomic E-state index is 13.1. The number of carboxylic acids is 1. The molecule has 0 amide bonds. The van der Waals surface area contributed by atoms with Crippen LogP contribution in [0.5, 0.6) is 0 Å². The summed E-state index contributed by atoms with van der Waals surface area (Å²) in [6.45, 7) is 2.50. The lowest BCUT2D eigenvalue weighted by Crippen LogP contribution is -2.40. The van der Waals surface area contributed by atoms with Gasteiger partial charge in [0.15, 0.2) is 16.9 Å². The van der Waals surface area contributed by atoms with E-state index >= 15 is 0 Å². The fourth-order valence-corrected chi connectivity index (χ4v) is 2.90. The highest BCUT2D eigenvalue weighted by Gasteiger charge is 2.34. The van der Waals surface area contributed by atoms with E-state index in [0.717, 1.165) is 23.4 Å². The molecule has 1 aromatic rings. The summed E-state index contributed by atoms with van der Waals surface area (Å²) < 4.78 is 50.9. The number of nitrogens with zero attached hydrogens (tertiary/aromatic N) is 1.